The summed E-state index contributed by atoms with van der Waals surface area (Å²) in [6.45, 7) is 4.39. The zero-order valence-corrected chi connectivity index (χ0v) is 20.2. The second kappa shape index (κ2) is 10.6. The van der Waals surface area contributed by atoms with Gasteiger partial charge in [-0.1, -0.05) is 30.3 Å². The molecule has 2 aliphatic rings. The number of nitrogens with one attached hydrogen (secondary N) is 1. The Kier molecular flexibility index (Phi) is 7.14. The van der Waals surface area contributed by atoms with E-state index in [1.165, 1.54) is 0 Å². The number of carbonyl (C=O) groups is 2. The van der Waals surface area contributed by atoms with Crippen LogP contribution in [0.1, 0.15) is 26.3 Å². The number of likely N-dealkylation sites (tertiary alicyclic amines) is 1. The Balaban J connectivity index is 1.08. The summed E-state index contributed by atoms with van der Waals surface area (Å²) in [5.74, 6) is -4.01. The summed E-state index contributed by atoms with van der Waals surface area (Å²) in [7, 11) is 0. The number of hydrogen-bond acceptors (Lipinski definition) is 4. The zero-order chi connectivity index (χ0) is 25.9. The molecule has 0 aromatic heterocycles. The summed E-state index contributed by atoms with van der Waals surface area (Å²) in [5, 5.41) is 2.75. The van der Waals surface area contributed by atoms with Gasteiger partial charge in [0.25, 0.3) is 11.8 Å². The molecule has 37 heavy (non-hydrogen) atoms. The predicted octanol–water partition coefficient (Wildman–Crippen LogP) is 4.00. The molecule has 9 heteroatoms. The lowest BCUT2D eigenvalue weighted by Crippen LogP contribution is -2.64. The van der Waals surface area contributed by atoms with E-state index in [4.69, 9.17) is 0 Å². The highest BCUT2D eigenvalue weighted by Crippen LogP contribution is 2.22. The van der Waals surface area contributed by atoms with E-state index < -0.39 is 17.5 Å². The Labute approximate surface area is 213 Å². The van der Waals surface area contributed by atoms with Crippen LogP contribution in [0.25, 0.3) is 0 Å². The van der Waals surface area contributed by atoms with Crippen molar-refractivity contribution in [2.75, 3.05) is 44.6 Å². The van der Waals surface area contributed by atoms with Crippen LogP contribution >= 0.6 is 0 Å². The van der Waals surface area contributed by atoms with Crippen molar-refractivity contribution in [1.29, 1.82) is 0 Å². The molecule has 2 amide bonds. The molecule has 6 nitrogen and oxygen atoms in total. The van der Waals surface area contributed by atoms with E-state index >= 15 is 0 Å². The lowest BCUT2D eigenvalue weighted by Gasteiger charge is -2.48. The third kappa shape index (κ3) is 5.32. The molecule has 0 spiro atoms. The maximum absolute atomic E-state index is 13.8. The van der Waals surface area contributed by atoms with Crippen LogP contribution < -0.4 is 5.32 Å². The molecule has 3 aromatic rings. The predicted molar refractivity (Wildman–Crippen MR) is 134 cm³/mol. The van der Waals surface area contributed by atoms with E-state index in [2.05, 4.69) is 10.2 Å². The quantitative estimate of drug-likeness (QED) is 0.512. The smallest absolute Gasteiger partial charge is 0.253 e. The number of piperazine rings is 1. The van der Waals surface area contributed by atoms with Crippen molar-refractivity contribution in [2.24, 2.45) is 0 Å². The van der Waals surface area contributed by atoms with E-state index in [1.807, 2.05) is 35.2 Å². The molecule has 0 saturated carbocycles. The first-order valence-electron chi connectivity index (χ1n) is 12.2. The van der Waals surface area contributed by atoms with Gasteiger partial charge in [0, 0.05) is 63.0 Å². The number of amides is 2. The minimum absolute atomic E-state index is 0.0549. The van der Waals surface area contributed by atoms with Gasteiger partial charge in [-0.25, -0.2) is 13.2 Å². The molecule has 2 aliphatic heterocycles. The van der Waals surface area contributed by atoms with Gasteiger partial charge in [-0.05, 0) is 42.0 Å². The minimum Gasteiger partial charge on any atom is -0.379 e. The number of rotatable bonds is 6. The summed E-state index contributed by atoms with van der Waals surface area (Å²) in [5.41, 5.74) is 1.90. The fourth-order valence-corrected chi connectivity index (χ4v) is 4.71. The van der Waals surface area contributed by atoms with Gasteiger partial charge in [-0.3, -0.25) is 14.5 Å². The largest absolute Gasteiger partial charge is 0.379 e. The molecule has 0 bridgehead atoms. The number of benzene rings is 3. The van der Waals surface area contributed by atoms with Gasteiger partial charge in [0.1, 0.15) is 0 Å². The molecule has 0 unspecified atom stereocenters. The van der Waals surface area contributed by atoms with Gasteiger partial charge in [0.05, 0.1) is 5.69 Å². The minimum atomic E-state index is -1.51. The van der Waals surface area contributed by atoms with Gasteiger partial charge < -0.3 is 15.1 Å². The van der Waals surface area contributed by atoms with E-state index in [0.29, 0.717) is 37.3 Å². The SMILES string of the molecule is O=C(c1ccccc1)N1CCN(C2CN(C(=O)c3ccc(CNc4ccc(F)c(F)c4F)cc3)C2)CC1. The molecule has 0 radical (unpaired) electrons. The summed E-state index contributed by atoms with van der Waals surface area (Å²) in [6, 6.07) is 18.5. The number of halogens is 3. The van der Waals surface area contributed by atoms with Crippen LogP contribution in [0.4, 0.5) is 18.9 Å². The van der Waals surface area contributed by atoms with Crippen LogP contribution in [0.3, 0.4) is 0 Å². The van der Waals surface area contributed by atoms with Gasteiger partial charge in [-0.15, -0.1) is 0 Å². The van der Waals surface area contributed by atoms with Crippen LogP contribution in [-0.2, 0) is 6.54 Å². The van der Waals surface area contributed by atoms with Gasteiger partial charge in [-0.2, -0.15) is 0 Å². The maximum Gasteiger partial charge on any atom is 0.253 e. The number of nitrogens with zero attached hydrogens (tertiary/aromatic N) is 3. The Morgan fingerprint density at radius 1 is 0.730 bits per heavy atom. The molecule has 5 rings (SSSR count). The standard InChI is InChI=1S/C28H27F3N4O2/c29-23-10-11-24(26(31)25(23)30)32-16-19-6-8-21(9-7-19)28(37)35-17-22(18-35)33-12-14-34(15-13-33)27(36)20-4-2-1-3-5-20/h1-11,22,32H,12-18H2. The summed E-state index contributed by atoms with van der Waals surface area (Å²) < 4.78 is 40.3. The van der Waals surface area contributed by atoms with Crippen LogP contribution in [0.2, 0.25) is 0 Å². The summed E-state index contributed by atoms with van der Waals surface area (Å²) >= 11 is 0. The van der Waals surface area contributed by atoms with Crippen LogP contribution in [-0.4, -0.2) is 71.8 Å². The van der Waals surface area contributed by atoms with Crippen molar-refractivity contribution in [3.63, 3.8) is 0 Å². The normalized spacial score (nSPS) is 16.4. The molecule has 3 aromatic carbocycles. The summed E-state index contributed by atoms with van der Waals surface area (Å²) in [4.78, 5) is 31.5. The molecule has 1 N–H and O–H groups in total. The lowest BCUT2D eigenvalue weighted by atomic mass is 10.0. The average Bonchev–Trinajstić information content (AvgIpc) is 2.91. The number of hydrogen-bond donors (Lipinski definition) is 1. The second-order valence-electron chi connectivity index (χ2n) is 9.33. The third-order valence-electron chi connectivity index (χ3n) is 7.01. The highest BCUT2D eigenvalue weighted by atomic mass is 19.2. The molecule has 2 heterocycles. The van der Waals surface area contributed by atoms with Crippen molar-refractivity contribution in [3.8, 4) is 0 Å². The van der Waals surface area contributed by atoms with Crippen LogP contribution in [0.5, 0.6) is 0 Å². The molecule has 2 saturated heterocycles. The van der Waals surface area contributed by atoms with E-state index in [1.54, 1.807) is 29.2 Å². The molecular formula is C28H27F3N4O2. The lowest BCUT2D eigenvalue weighted by molar-refractivity contribution is 0.00853. The highest BCUT2D eigenvalue weighted by molar-refractivity contribution is 5.95. The van der Waals surface area contributed by atoms with Gasteiger partial charge in [0.15, 0.2) is 17.5 Å². The monoisotopic (exact) mass is 508 g/mol. The first-order chi connectivity index (χ1) is 17.9. The van der Waals surface area contributed by atoms with Gasteiger partial charge >= 0.3 is 0 Å². The molecule has 192 valence electrons. The van der Waals surface area contributed by atoms with E-state index in [0.717, 1.165) is 30.8 Å². The Hall–Kier alpha value is -3.85. The van der Waals surface area contributed by atoms with E-state index in [9.17, 15) is 22.8 Å². The Morgan fingerprint density at radius 2 is 1.35 bits per heavy atom. The average molecular weight is 509 g/mol. The molecule has 0 atom stereocenters. The topological polar surface area (TPSA) is 55.9 Å². The zero-order valence-electron chi connectivity index (χ0n) is 20.2. The van der Waals surface area contributed by atoms with Gasteiger partial charge in [0.2, 0.25) is 0 Å². The first kappa shape index (κ1) is 24.8. The van der Waals surface area contributed by atoms with Crippen molar-refractivity contribution in [3.05, 3.63) is 101 Å². The third-order valence-corrected chi connectivity index (χ3v) is 7.01. The number of anilines is 1. The Bertz CT molecular complexity index is 1270. The molecule has 2 fully saturated rings. The first-order valence-corrected chi connectivity index (χ1v) is 12.2. The van der Waals surface area contributed by atoms with E-state index in [-0.39, 0.29) is 30.1 Å². The molecule has 0 aliphatic carbocycles. The summed E-state index contributed by atoms with van der Waals surface area (Å²) in [6.07, 6.45) is 0. The molecular weight excluding hydrogens is 481 g/mol. The van der Waals surface area contributed by atoms with Crippen molar-refractivity contribution in [2.45, 2.75) is 12.6 Å². The number of carbonyl (C=O) groups excluding carboxylic acids is 2. The van der Waals surface area contributed by atoms with Crippen LogP contribution in [0, 0.1) is 17.5 Å². The van der Waals surface area contributed by atoms with Crippen LogP contribution in [0.15, 0.2) is 66.7 Å². The highest BCUT2D eigenvalue weighted by Gasteiger charge is 2.37. The fraction of sp³-hybridized carbons (Fsp3) is 0.286. The maximum atomic E-state index is 13.8. The van der Waals surface area contributed by atoms with Crippen molar-refractivity contribution in [1.82, 2.24) is 14.7 Å². The fourth-order valence-electron chi connectivity index (χ4n) is 4.71. The van der Waals surface area contributed by atoms with Crippen molar-refractivity contribution >= 4 is 17.5 Å². The van der Waals surface area contributed by atoms with Crippen molar-refractivity contribution < 1.29 is 22.8 Å². The Morgan fingerprint density at radius 3 is 2.03 bits per heavy atom. The second-order valence-corrected chi connectivity index (χ2v) is 9.33.